The van der Waals surface area contributed by atoms with Gasteiger partial charge in [-0.15, -0.1) is 9.32 Å². The van der Waals surface area contributed by atoms with Crippen LogP contribution in [0.4, 0.5) is 5.69 Å². The summed E-state index contributed by atoms with van der Waals surface area (Å²) < 4.78 is 22.6. The molecular formula is C8H10N2O3S. The first-order valence-corrected chi connectivity index (χ1v) is 5.70. The molecule has 1 aromatic carbocycles. The number of benzene rings is 1. The molecular weight excluding hydrogens is 204 g/mol. The van der Waals surface area contributed by atoms with Gasteiger partial charge in [0.15, 0.2) is 0 Å². The molecule has 0 radical (unpaired) electrons. The van der Waals surface area contributed by atoms with E-state index in [4.69, 9.17) is 0 Å². The lowest BCUT2D eigenvalue weighted by Crippen LogP contribution is -2.23. The third kappa shape index (κ3) is 2.29. The number of anilines is 1. The van der Waals surface area contributed by atoms with Crippen LogP contribution in [0.5, 0.6) is 0 Å². The highest BCUT2D eigenvalue weighted by Crippen LogP contribution is 2.17. The number of hydrogen-bond acceptors (Lipinski definition) is 4. The predicted molar refractivity (Wildman–Crippen MR) is 54.3 cm³/mol. The molecule has 0 aliphatic rings. The van der Waals surface area contributed by atoms with Gasteiger partial charge in [-0.2, -0.15) is 0 Å². The van der Waals surface area contributed by atoms with Gasteiger partial charge in [-0.1, -0.05) is 17.7 Å². The number of hydrogen-bond donors (Lipinski definition) is 0. The quantitative estimate of drug-likeness (QED) is 0.564. The fourth-order valence-corrected chi connectivity index (χ4v) is 1.60. The Balaban J connectivity index is 3.15. The third-order valence-corrected chi connectivity index (χ3v) is 2.55. The standard InChI is InChI=1S/C8H10N2O3S/c1-7-3-5-8(6-4-7)10(9-11)14(2,12)13/h3-6H,1-2H3. The van der Waals surface area contributed by atoms with Gasteiger partial charge < -0.3 is 0 Å². The second-order valence-corrected chi connectivity index (χ2v) is 4.74. The van der Waals surface area contributed by atoms with Gasteiger partial charge in [0, 0.05) is 0 Å². The molecule has 0 spiro atoms. The number of sulfonamides is 1. The highest BCUT2D eigenvalue weighted by Gasteiger charge is 2.17. The average molecular weight is 214 g/mol. The summed E-state index contributed by atoms with van der Waals surface area (Å²) in [6, 6.07) is 6.47. The molecule has 0 fully saturated rings. The Bertz CT molecular complexity index is 424. The molecule has 0 aliphatic heterocycles. The largest absolute Gasteiger partial charge is 0.253 e. The molecule has 1 aromatic rings. The Morgan fingerprint density at radius 1 is 1.21 bits per heavy atom. The van der Waals surface area contributed by atoms with E-state index >= 15 is 0 Å². The fourth-order valence-electron chi connectivity index (χ4n) is 0.971. The molecule has 0 atom stereocenters. The number of rotatable bonds is 3. The van der Waals surface area contributed by atoms with Crippen molar-refractivity contribution in [3.63, 3.8) is 0 Å². The maximum absolute atomic E-state index is 11.1. The molecule has 1 rings (SSSR count). The number of nitrogens with zero attached hydrogens (tertiary/aromatic N) is 2. The summed E-state index contributed by atoms with van der Waals surface area (Å²) in [5.74, 6) is 0. The molecule has 5 nitrogen and oxygen atoms in total. The highest BCUT2D eigenvalue weighted by atomic mass is 32.2. The van der Waals surface area contributed by atoms with Crippen LogP contribution in [0.1, 0.15) is 5.56 Å². The Morgan fingerprint density at radius 2 is 1.71 bits per heavy atom. The molecule has 0 bridgehead atoms. The van der Waals surface area contributed by atoms with Crippen molar-refractivity contribution in [2.45, 2.75) is 6.92 Å². The van der Waals surface area contributed by atoms with E-state index in [2.05, 4.69) is 5.29 Å². The van der Waals surface area contributed by atoms with Gasteiger partial charge in [-0.05, 0) is 19.1 Å². The van der Waals surface area contributed by atoms with Gasteiger partial charge in [0.25, 0.3) is 10.0 Å². The van der Waals surface area contributed by atoms with Crippen LogP contribution in [0.2, 0.25) is 0 Å². The van der Waals surface area contributed by atoms with E-state index in [0.29, 0.717) is 4.41 Å². The molecule has 0 aromatic heterocycles. The summed E-state index contributed by atoms with van der Waals surface area (Å²) in [5.41, 5.74) is 1.22. The molecule has 0 saturated heterocycles. The van der Waals surface area contributed by atoms with Gasteiger partial charge >= 0.3 is 0 Å². The van der Waals surface area contributed by atoms with E-state index in [1.54, 1.807) is 12.1 Å². The second-order valence-electron chi connectivity index (χ2n) is 2.92. The average Bonchev–Trinajstić information content (AvgIpc) is 2.07. The van der Waals surface area contributed by atoms with E-state index in [1.807, 2.05) is 6.92 Å². The van der Waals surface area contributed by atoms with Crippen molar-refractivity contribution in [2.24, 2.45) is 5.29 Å². The van der Waals surface area contributed by atoms with Crippen LogP contribution in [-0.4, -0.2) is 14.7 Å². The minimum Gasteiger partial charge on any atom is -0.205 e. The molecule has 0 aliphatic carbocycles. The first-order chi connectivity index (χ1) is 6.45. The molecule has 0 N–H and O–H groups in total. The van der Waals surface area contributed by atoms with Gasteiger partial charge in [-0.25, -0.2) is 8.42 Å². The van der Waals surface area contributed by atoms with Crippen LogP contribution >= 0.6 is 0 Å². The Labute approximate surface area is 82.3 Å². The first kappa shape index (κ1) is 10.6. The Kier molecular flexibility index (Phi) is 2.85. The number of nitroso groups, excluding NO2 is 1. The minimum absolute atomic E-state index is 0.244. The summed E-state index contributed by atoms with van der Waals surface area (Å²) in [6.45, 7) is 1.86. The first-order valence-electron chi connectivity index (χ1n) is 3.85. The fraction of sp³-hybridized carbons (Fsp3) is 0.250. The van der Waals surface area contributed by atoms with Crippen molar-refractivity contribution in [1.29, 1.82) is 0 Å². The topological polar surface area (TPSA) is 66.8 Å². The molecule has 0 saturated carbocycles. The predicted octanol–water partition coefficient (Wildman–Crippen LogP) is 1.44. The van der Waals surface area contributed by atoms with Crippen molar-refractivity contribution in [3.8, 4) is 0 Å². The SMILES string of the molecule is Cc1ccc(N(N=O)S(C)(=O)=O)cc1. The lowest BCUT2D eigenvalue weighted by atomic mass is 10.2. The van der Waals surface area contributed by atoms with E-state index in [0.717, 1.165) is 11.8 Å². The van der Waals surface area contributed by atoms with E-state index in [9.17, 15) is 13.3 Å². The molecule has 14 heavy (non-hydrogen) atoms. The van der Waals surface area contributed by atoms with Gasteiger partial charge in [0.1, 0.15) is 0 Å². The molecule has 0 amide bonds. The van der Waals surface area contributed by atoms with Crippen molar-refractivity contribution < 1.29 is 8.42 Å². The highest BCUT2D eigenvalue weighted by molar-refractivity contribution is 7.92. The summed E-state index contributed by atoms with van der Waals surface area (Å²) in [6.07, 6.45) is 0.925. The van der Waals surface area contributed by atoms with Crippen LogP contribution in [0.15, 0.2) is 29.6 Å². The lowest BCUT2D eigenvalue weighted by Gasteiger charge is -2.11. The second kappa shape index (κ2) is 3.75. The normalized spacial score (nSPS) is 11.0. The monoisotopic (exact) mass is 214 g/mol. The van der Waals surface area contributed by atoms with Crippen molar-refractivity contribution >= 4 is 15.7 Å². The maximum Gasteiger partial charge on any atom is 0.253 e. The van der Waals surface area contributed by atoms with E-state index in [1.165, 1.54) is 12.1 Å². The molecule has 6 heteroatoms. The third-order valence-electron chi connectivity index (χ3n) is 1.64. The maximum atomic E-state index is 11.1. The van der Waals surface area contributed by atoms with Gasteiger partial charge in [0.2, 0.25) is 0 Å². The number of aryl methyl sites for hydroxylation is 1. The molecule has 76 valence electrons. The van der Waals surface area contributed by atoms with Crippen LogP contribution in [0.25, 0.3) is 0 Å². The zero-order valence-corrected chi connectivity index (χ0v) is 8.65. The Hall–Kier alpha value is -1.43. The van der Waals surface area contributed by atoms with Gasteiger partial charge in [0.05, 0.1) is 17.2 Å². The van der Waals surface area contributed by atoms with Crippen LogP contribution in [0, 0.1) is 11.8 Å². The van der Waals surface area contributed by atoms with Crippen molar-refractivity contribution in [2.75, 3.05) is 10.7 Å². The summed E-state index contributed by atoms with van der Waals surface area (Å²) in [5, 5.41) is 2.45. The van der Waals surface area contributed by atoms with Crippen LogP contribution < -0.4 is 4.41 Å². The van der Waals surface area contributed by atoms with E-state index < -0.39 is 10.0 Å². The van der Waals surface area contributed by atoms with Crippen molar-refractivity contribution in [3.05, 3.63) is 34.7 Å². The minimum atomic E-state index is -3.63. The summed E-state index contributed by atoms with van der Waals surface area (Å²) in [7, 11) is -3.63. The van der Waals surface area contributed by atoms with Crippen LogP contribution in [0.3, 0.4) is 0 Å². The smallest absolute Gasteiger partial charge is 0.205 e. The molecule has 0 heterocycles. The van der Waals surface area contributed by atoms with Crippen molar-refractivity contribution in [1.82, 2.24) is 0 Å². The lowest BCUT2D eigenvalue weighted by molar-refractivity contribution is 0.598. The van der Waals surface area contributed by atoms with Gasteiger partial charge in [-0.3, -0.25) is 0 Å². The zero-order chi connectivity index (χ0) is 10.8. The summed E-state index contributed by atoms with van der Waals surface area (Å²) in [4.78, 5) is 10.3. The summed E-state index contributed by atoms with van der Waals surface area (Å²) >= 11 is 0. The molecule has 0 unspecified atom stereocenters. The zero-order valence-electron chi connectivity index (χ0n) is 7.84. The van der Waals surface area contributed by atoms with Crippen LogP contribution in [-0.2, 0) is 10.0 Å². The Morgan fingerprint density at radius 3 is 2.07 bits per heavy atom. The van der Waals surface area contributed by atoms with E-state index in [-0.39, 0.29) is 5.69 Å².